The van der Waals surface area contributed by atoms with Crippen LogP contribution in [-0.4, -0.2) is 32.1 Å². The van der Waals surface area contributed by atoms with Crippen molar-refractivity contribution in [3.05, 3.63) is 54.1 Å². The molecule has 128 valence electrons. The normalized spacial score (nSPS) is 12.5. The van der Waals surface area contributed by atoms with Gasteiger partial charge in [0.2, 0.25) is 5.91 Å². The number of aryl methyl sites for hydroxylation is 1. The molecule has 0 aliphatic rings. The highest BCUT2D eigenvalue weighted by Crippen LogP contribution is 2.23. The Bertz CT molecular complexity index is 822. The van der Waals surface area contributed by atoms with Gasteiger partial charge in [0.05, 0.1) is 17.2 Å². The largest absolute Gasteiger partial charge is 0.394 e. The van der Waals surface area contributed by atoms with Gasteiger partial charge in [0.25, 0.3) is 10.0 Å². The van der Waals surface area contributed by atoms with Gasteiger partial charge in [-0.2, -0.15) is 0 Å². The van der Waals surface area contributed by atoms with Crippen LogP contribution in [0, 0.1) is 6.92 Å². The van der Waals surface area contributed by atoms with E-state index in [1.165, 1.54) is 18.2 Å². The first-order valence-corrected chi connectivity index (χ1v) is 8.67. The summed E-state index contributed by atoms with van der Waals surface area (Å²) in [6.45, 7) is 1.28. The number of hydrogen-bond acceptors (Lipinski definition) is 5. The number of aliphatic hydroxyl groups is 1. The van der Waals surface area contributed by atoms with E-state index in [1.807, 2.05) is 0 Å². The zero-order valence-corrected chi connectivity index (χ0v) is 13.9. The second-order valence-corrected chi connectivity index (χ2v) is 6.91. The SMILES string of the molecule is Cc1ccc(NS(=O)(=O)c2ccccc2)cc1NC(=O)C(N)CO. The van der Waals surface area contributed by atoms with Crippen molar-refractivity contribution >= 4 is 27.3 Å². The Labute approximate surface area is 140 Å². The monoisotopic (exact) mass is 349 g/mol. The van der Waals surface area contributed by atoms with Crippen molar-refractivity contribution < 1.29 is 18.3 Å². The van der Waals surface area contributed by atoms with Crippen molar-refractivity contribution in [1.82, 2.24) is 0 Å². The van der Waals surface area contributed by atoms with Crippen LogP contribution in [-0.2, 0) is 14.8 Å². The van der Waals surface area contributed by atoms with E-state index in [-0.39, 0.29) is 4.90 Å². The third-order valence-corrected chi connectivity index (χ3v) is 4.73. The van der Waals surface area contributed by atoms with Crippen LogP contribution in [0.4, 0.5) is 11.4 Å². The van der Waals surface area contributed by atoms with Crippen LogP contribution in [0.2, 0.25) is 0 Å². The van der Waals surface area contributed by atoms with Crippen LogP contribution in [0.3, 0.4) is 0 Å². The average molecular weight is 349 g/mol. The Balaban J connectivity index is 2.24. The summed E-state index contributed by atoms with van der Waals surface area (Å²) in [4.78, 5) is 11.9. The molecule has 2 aromatic carbocycles. The molecule has 1 amide bonds. The molecule has 0 fully saturated rings. The number of carbonyl (C=O) groups is 1. The Morgan fingerprint density at radius 1 is 1.21 bits per heavy atom. The number of rotatable bonds is 6. The fraction of sp³-hybridized carbons (Fsp3) is 0.188. The minimum atomic E-state index is -3.72. The molecule has 7 nitrogen and oxygen atoms in total. The third-order valence-electron chi connectivity index (χ3n) is 3.33. The maximum Gasteiger partial charge on any atom is 0.261 e. The summed E-state index contributed by atoms with van der Waals surface area (Å²) in [6.07, 6.45) is 0. The summed E-state index contributed by atoms with van der Waals surface area (Å²) in [5.41, 5.74) is 6.91. The fourth-order valence-electron chi connectivity index (χ4n) is 1.94. The molecule has 0 spiro atoms. The van der Waals surface area contributed by atoms with E-state index in [2.05, 4.69) is 10.0 Å². The molecule has 8 heteroatoms. The van der Waals surface area contributed by atoms with E-state index in [0.717, 1.165) is 5.56 Å². The number of hydrogen-bond donors (Lipinski definition) is 4. The van der Waals surface area contributed by atoms with Crippen molar-refractivity contribution in [3.8, 4) is 0 Å². The van der Waals surface area contributed by atoms with Gasteiger partial charge in [-0.15, -0.1) is 0 Å². The number of benzene rings is 2. The highest BCUT2D eigenvalue weighted by atomic mass is 32.2. The first kappa shape index (κ1) is 17.9. The van der Waals surface area contributed by atoms with Crippen LogP contribution in [0.15, 0.2) is 53.4 Å². The molecule has 0 radical (unpaired) electrons. The summed E-state index contributed by atoms with van der Waals surface area (Å²) in [7, 11) is -3.72. The quantitative estimate of drug-likeness (QED) is 0.621. The number of sulfonamides is 1. The van der Waals surface area contributed by atoms with Gasteiger partial charge in [0, 0.05) is 5.69 Å². The molecular formula is C16H19N3O4S. The van der Waals surface area contributed by atoms with Gasteiger partial charge in [0.15, 0.2) is 0 Å². The highest BCUT2D eigenvalue weighted by Gasteiger charge is 2.16. The van der Waals surface area contributed by atoms with Gasteiger partial charge in [-0.1, -0.05) is 24.3 Å². The summed E-state index contributed by atoms with van der Waals surface area (Å²) in [5, 5.41) is 11.5. The highest BCUT2D eigenvalue weighted by molar-refractivity contribution is 7.92. The standard InChI is InChI=1S/C16H19N3O4S/c1-11-7-8-12(9-15(11)18-16(21)14(17)10-20)19-24(22,23)13-5-3-2-4-6-13/h2-9,14,19-20H,10,17H2,1H3,(H,18,21). The molecule has 0 aliphatic carbocycles. The number of carbonyl (C=O) groups excluding carboxylic acids is 1. The number of amides is 1. The molecule has 0 saturated carbocycles. The lowest BCUT2D eigenvalue weighted by molar-refractivity contribution is -0.118. The maximum atomic E-state index is 12.3. The summed E-state index contributed by atoms with van der Waals surface area (Å²) in [5.74, 6) is -0.552. The molecule has 0 aliphatic heterocycles. The maximum absolute atomic E-state index is 12.3. The number of nitrogens with one attached hydrogen (secondary N) is 2. The second kappa shape index (κ2) is 7.43. The molecule has 1 unspecified atom stereocenters. The van der Waals surface area contributed by atoms with Crippen LogP contribution in [0.25, 0.3) is 0 Å². The van der Waals surface area contributed by atoms with Gasteiger partial charge in [0.1, 0.15) is 6.04 Å². The van der Waals surface area contributed by atoms with Crippen LogP contribution >= 0.6 is 0 Å². The molecule has 2 aromatic rings. The topological polar surface area (TPSA) is 122 Å². The van der Waals surface area contributed by atoms with Crippen LogP contribution in [0.1, 0.15) is 5.56 Å². The third kappa shape index (κ3) is 4.31. The summed E-state index contributed by atoms with van der Waals surface area (Å²) >= 11 is 0. The Kier molecular flexibility index (Phi) is 5.55. The Morgan fingerprint density at radius 2 is 1.88 bits per heavy atom. The lowest BCUT2D eigenvalue weighted by Crippen LogP contribution is -2.38. The molecule has 0 saturated heterocycles. The first-order chi connectivity index (χ1) is 11.3. The van der Waals surface area contributed by atoms with Crippen molar-refractivity contribution in [2.75, 3.05) is 16.6 Å². The molecule has 0 bridgehead atoms. The lowest BCUT2D eigenvalue weighted by Gasteiger charge is -2.14. The predicted octanol–water partition coefficient (Wildman–Crippen LogP) is 1.05. The first-order valence-electron chi connectivity index (χ1n) is 7.19. The molecule has 5 N–H and O–H groups in total. The number of aliphatic hydroxyl groups excluding tert-OH is 1. The van der Waals surface area contributed by atoms with E-state index < -0.39 is 28.6 Å². The minimum absolute atomic E-state index is 0.137. The van der Waals surface area contributed by atoms with E-state index in [9.17, 15) is 13.2 Å². The van der Waals surface area contributed by atoms with E-state index in [1.54, 1.807) is 37.3 Å². The summed E-state index contributed by atoms with van der Waals surface area (Å²) in [6, 6.07) is 11.7. The van der Waals surface area contributed by atoms with Gasteiger partial charge < -0.3 is 16.2 Å². The minimum Gasteiger partial charge on any atom is -0.394 e. The summed E-state index contributed by atoms with van der Waals surface area (Å²) < 4.78 is 27.1. The van der Waals surface area contributed by atoms with Gasteiger partial charge in [-0.05, 0) is 36.8 Å². The van der Waals surface area contributed by atoms with Crippen LogP contribution in [0.5, 0.6) is 0 Å². The van der Waals surface area contributed by atoms with Crippen molar-refractivity contribution in [3.63, 3.8) is 0 Å². The zero-order valence-electron chi connectivity index (χ0n) is 13.1. The molecular weight excluding hydrogens is 330 g/mol. The fourth-order valence-corrected chi connectivity index (χ4v) is 3.01. The van der Waals surface area contributed by atoms with Crippen molar-refractivity contribution in [1.29, 1.82) is 0 Å². The average Bonchev–Trinajstić information content (AvgIpc) is 2.57. The molecule has 0 heterocycles. The smallest absolute Gasteiger partial charge is 0.261 e. The number of anilines is 2. The second-order valence-electron chi connectivity index (χ2n) is 5.23. The number of nitrogens with two attached hydrogens (primary N) is 1. The van der Waals surface area contributed by atoms with E-state index in [0.29, 0.717) is 11.4 Å². The zero-order chi connectivity index (χ0) is 17.7. The van der Waals surface area contributed by atoms with E-state index >= 15 is 0 Å². The van der Waals surface area contributed by atoms with Gasteiger partial charge in [-0.25, -0.2) is 8.42 Å². The molecule has 1 atom stereocenters. The molecule has 24 heavy (non-hydrogen) atoms. The van der Waals surface area contributed by atoms with Gasteiger partial charge >= 0.3 is 0 Å². The Hall–Kier alpha value is -2.42. The Morgan fingerprint density at radius 3 is 2.50 bits per heavy atom. The lowest BCUT2D eigenvalue weighted by atomic mass is 10.1. The van der Waals surface area contributed by atoms with Crippen molar-refractivity contribution in [2.24, 2.45) is 5.73 Å². The van der Waals surface area contributed by atoms with Crippen molar-refractivity contribution in [2.45, 2.75) is 17.9 Å². The molecule has 2 rings (SSSR count). The predicted molar refractivity (Wildman–Crippen MR) is 92.1 cm³/mol. The molecule has 0 aromatic heterocycles. The van der Waals surface area contributed by atoms with Gasteiger partial charge in [-0.3, -0.25) is 9.52 Å². The van der Waals surface area contributed by atoms with Crippen LogP contribution < -0.4 is 15.8 Å². The van der Waals surface area contributed by atoms with E-state index in [4.69, 9.17) is 10.8 Å².